The number of hydrogen-bond donors (Lipinski definition) is 0. The fourth-order valence-electron chi connectivity index (χ4n) is 1.63. The first-order valence-electron chi connectivity index (χ1n) is 5.45. The van der Waals surface area contributed by atoms with Gasteiger partial charge in [-0.25, -0.2) is 4.39 Å². The smallest absolute Gasteiger partial charge is 0.310 e. The monoisotopic (exact) mass is 240 g/mol. The summed E-state index contributed by atoms with van der Waals surface area (Å²) < 4.78 is 29.1. The molecule has 92 valence electrons. The molecule has 4 nitrogen and oxygen atoms in total. The predicted octanol–water partition coefficient (Wildman–Crippen LogP) is 1.70. The van der Waals surface area contributed by atoms with Crippen molar-refractivity contribution in [3.63, 3.8) is 0 Å². The van der Waals surface area contributed by atoms with Gasteiger partial charge in [-0.3, -0.25) is 4.79 Å². The number of halogens is 1. The molecular formula is C12H13FO4. The minimum Gasteiger partial charge on any atom is -0.486 e. The number of carbonyl (C=O) groups excluding carboxylic acids is 1. The van der Waals surface area contributed by atoms with Crippen LogP contribution in [0.15, 0.2) is 12.1 Å². The molecule has 0 fully saturated rings. The molecule has 0 radical (unpaired) electrons. The Kier molecular flexibility index (Phi) is 3.46. The van der Waals surface area contributed by atoms with Crippen LogP contribution in [0.5, 0.6) is 11.5 Å². The van der Waals surface area contributed by atoms with E-state index in [0.29, 0.717) is 19.0 Å². The van der Waals surface area contributed by atoms with Crippen molar-refractivity contribution in [2.45, 2.75) is 13.3 Å². The van der Waals surface area contributed by atoms with Gasteiger partial charge in [-0.1, -0.05) is 6.07 Å². The van der Waals surface area contributed by atoms with Gasteiger partial charge >= 0.3 is 5.97 Å². The van der Waals surface area contributed by atoms with E-state index >= 15 is 0 Å². The topological polar surface area (TPSA) is 44.8 Å². The van der Waals surface area contributed by atoms with Crippen LogP contribution in [0.25, 0.3) is 0 Å². The summed E-state index contributed by atoms with van der Waals surface area (Å²) in [6.45, 7) is 2.71. The van der Waals surface area contributed by atoms with E-state index in [2.05, 4.69) is 0 Å². The van der Waals surface area contributed by atoms with Crippen molar-refractivity contribution >= 4 is 5.97 Å². The van der Waals surface area contributed by atoms with Gasteiger partial charge in [0.2, 0.25) is 0 Å². The van der Waals surface area contributed by atoms with E-state index in [-0.39, 0.29) is 24.3 Å². The Morgan fingerprint density at radius 1 is 1.41 bits per heavy atom. The Bertz CT molecular complexity index is 431. The molecule has 0 N–H and O–H groups in total. The first kappa shape index (κ1) is 11.7. The van der Waals surface area contributed by atoms with Gasteiger partial charge in [0.25, 0.3) is 0 Å². The van der Waals surface area contributed by atoms with Crippen LogP contribution in [-0.2, 0) is 16.0 Å². The summed E-state index contributed by atoms with van der Waals surface area (Å²) in [7, 11) is 0. The number of ether oxygens (including phenoxy) is 3. The minimum atomic E-state index is -0.546. The lowest BCUT2D eigenvalue weighted by Gasteiger charge is -2.19. The van der Waals surface area contributed by atoms with Crippen LogP contribution < -0.4 is 9.47 Å². The third-order valence-corrected chi connectivity index (χ3v) is 2.37. The van der Waals surface area contributed by atoms with E-state index in [9.17, 15) is 9.18 Å². The van der Waals surface area contributed by atoms with E-state index in [1.807, 2.05) is 0 Å². The molecule has 0 saturated carbocycles. The fraction of sp³-hybridized carbons (Fsp3) is 0.417. The number of carbonyl (C=O) groups is 1. The number of fused-ring (bicyclic) bond motifs is 1. The van der Waals surface area contributed by atoms with Gasteiger partial charge in [0.1, 0.15) is 13.2 Å². The summed E-state index contributed by atoms with van der Waals surface area (Å²) in [6.07, 6.45) is -0.101. The lowest BCUT2D eigenvalue weighted by atomic mass is 10.1. The second-order valence-corrected chi connectivity index (χ2v) is 3.54. The average Bonchev–Trinajstić information content (AvgIpc) is 2.33. The van der Waals surface area contributed by atoms with Crippen LogP contribution >= 0.6 is 0 Å². The maximum Gasteiger partial charge on any atom is 0.310 e. The van der Waals surface area contributed by atoms with Gasteiger partial charge in [-0.2, -0.15) is 0 Å². The standard InChI is InChI=1S/C12H13FO4/c1-2-15-10(14)7-8-3-4-9-12(11(8)13)17-6-5-16-9/h3-4H,2,5-7H2,1H3. The number of benzene rings is 1. The number of rotatable bonds is 3. The molecule has 5 heteroatoms. The van der Waals surface area contributed by atoms with Crippen molar-refractivity contribution in [2.24, 2.45) is 0 Å². The van der Waals surface area contributed by atoms with Crippen molar-refractivity contribution < 1.29 is 23.4 Å². The second kappa shape index (κ2) is 5.03. The Labute approximate surface area is 98.3 Å². The van der Waals surface area contributed by atoms with E-state index in [4.69, 9.17) is 14.2 Å². The van der Waals surface area contributed by atoms with Crippen LogP contribution in [0, 0.1) is 5.82 Å². The SMILES string of the molecule is CCOC(=O)Cc1ccc2c(c1F)OCCO2. The summed E-state index contributed by atoms with van der Waals surface area (Å²) in [4.78, 5) is 11.3. The number of hydrogen-bond acceptors (Lipinski definition) is 4. The maximum absolute atomic E-state index is 13.9. The van der Waals surface area contributed by atoms with E-state index in [1.54, 1.807) is 13.0 Å². The summed E-state index contributed by atoms with van der Waals surface area (Å²) >= 11 is 0. The van der Waals surface area contributed by atoms with Gasteiger partial charge < -0.3 is 14.2 Å². The lowest BCUT2D eigenvalue weighted by molar-refractivity contribution is -0.142. The molecule has 1 aromatic carbocycles. The molecule has 1 aliphatic heterocycles. The highest BCUT2D eigenvalue weighted by Gasteiger charge is 2.20. The maximum atomic E-state index is 13.9. The summed E-state index contributed by atoms with van der Waals surface area (Å²) in [5.41, 5.74) is 0.257. The van der Waals surface area contributed by atoms with Gasteiger partial charge in [0.05, 0.1) is 13.0 Å². The predicted molar refractivity (Wildman–Crippen MR) is 57.7 cm³/mol. The molecule has 0 unspecified atom stereocenters. The molecule has 0 aromatic heterocycles. The van der Waals surface area contributed by atoms with Gasteiger partial charge in [0, 0.05) is 5.56 Å². The van der Waals surface area contributed by atoms with Gasteiger partial charge in [-0.15, -0.1) is 0 Å². The molecule has 0 saturated heterocycles. The Morgan fingerprint density at radius 3 is 2.94 bits per heavy atom. The van der Waals surface area contributed by atoms with Crippen molar-refractivity contribution in [3.05, 3.63) is 23.5 Å². The van der Waals surface area contributed by atoms with Crippen LogP contribution in [0.2, 0.25) is 0 Å². The summed E-state index contributed by atoms with van der Waals surface area (Å²) in [6, 6.07) is 3.12. The highest BCUT2D eigenvalue weighted by atomic mass is 19.1. The van der Waals surface area contributed by atoms with E-state index < -0.39 is 11.8 Å². The van der Waals surface area contributed by atoms with Crippen molar-refractivity contribution in [1.82, 2.24) is 0 Å². The van der Waals surface area contributed by atoms with Crippen LogP contribution in [0.4, 0.5) is 4.39 Å². The summed E-state index contributed by atoms with van der Waals surface area (Å²) in [5, 5.41) is 0. The molecular weight excluding hydrogens is 227 g/mol. The van der Waals surface area contributed by atoms with E-state index in [0.717, 1.165) is 0 Å². The van der Waals surface area contributed by atoms with Crippen LogP contribution in [0.1, 0.15) is 12.5 Å². The molecule has 0 aliphatic carbocycles. The highest BCUT2D eigenvalue weighted by Crippen LogP contribution is 2.34. The highest BCUT2D eigenvalue weighted by molar-refractivity contribution is 5.73. The molecule has 1 heterocycles. The third-order valence-electron chi connectivity index (χ3n) is 2.37. The van der Waals surface area contributed by atoms with Crippen molar-refractivity contribution in [1.29, 1.82) is 0 Å². The molecule has 1 aliphatic rings. The zero-order valence-electron chi connectivity index (χ0n) is 9.49. The average molecular weight is 240 g/mol. The zero-order valence-corrected chi connectivity index (χ0v) is 9.49. The molecule has 1 aromatic rings. The summed E-state index contributed by atoms with van der Waals surface area (Å²) in [5.74, 6) is -0.544. The fourth-order valence-corrected chi connectivity index (χ4v) is 1.63. The quantitative estimate of drug-likeness (QED) is 0.754. The Hall–Kier alpha value is -1.78. The first-order chi connectivity index (χ1) is 8.22. The Balaban J connectivity index is 2.21. The normalized spacial score (nSPS) is 13.3. The number of esters is 1. The van der Waals surface area contributed by atoms with E-state index in [1.165, 1.54) is 6.07 Å². The molecule has 17 heavy (non-hydrogen) atoms. The molecule has 0 atom stereocenters. The van der Waals surface area contributed by atoms with Crippen molar-refractivity contribution in [2.75, 3.05) is 19.8 Å². The first-order valence-corrected chi connectivity index (χ1v) is 5.45. The van der Waals surface area contributed by atoms with Crippen LogP contribution in [0.3, 0.4) is 0 Å². The molecule has 0 amide bonds. The second-order valence-electron chi connectivity index (χ2n) is 3.54. The molecule has 0 spiro atoms. The zero-order chi connectivity index (χ0) is 12.3. The largest absolute Gasteiger partial charge is 0.486 e. The third kappa shape index (κ3) is 2.49. The Morgan fingerprint density at radius 2 is 2.18 bits per heavy atom. The van der Waals surface area contributed by atoms with Crippen LogP contribution in [-0.4, -0.2) is 25.8 Å². The molecule has 2 rings (SSSR count). The van der Waals surface area contributed by atoms with Crippen molar-refractivity contribution in [3.8, 4) is 11.5 Å². The molecule has 0 bridgehead atoms. The van der Waals surface area contributed by atoms with Gasteiger partial charge in [-0.05, 0) is 13.0 Å². The minimum absolute atomic E-state index is 0.0815. The van der Waals surface area contributed by atoms with Gasteiger partial charge in [0.15, 0.2) is 17.3 Å². The lowest BCUT2D eigenvalue weighted by Crippen LogP contribution is -2.17.